The van der Waals surface area contributed by atoms with Crippen molar-refractivity contribution in [2.24, 2.45) is 4.99 Å². The first-order chi connectivity index (χ1) is 5.20. The third-order valence-corrected chi connectivity index (χ3v) is 1.21. The van der Waals surface area contributed by atoms with Crippen LogP contribution in [0.5, 0.6) is 0 Å². The number of hydrogen-bond donors (Lipinski definition) is 0. The number of carbonyl (C=O) groups is 1. The lowest BCUT2D eigenvalue weighted by atomic mass is 10.2. The molecule has 0 aliphatic carbocycles. The second kappa shape index (κ2) is 5.97. The molecular weight excluding hydrogens is 162 g/mol. The summed E-state index contributed by atoms with van der Waals surface area (Å²) in [7, 11) is 1.36. The van der Waals surface area contributed by atoms with Crippen LogP contribution in [-0.4, -0.2) is 30.7 Å². The molecule has 0 aromatic heterocycles. The number of ether oxygens (including phenoxy) is 1. The summed E-state index contributed by atoms with van der Waals surface area (Å²) >= 11 is 4.52. The highest BCUT2D eigenvalue weighted by atomic mass is 32.1. The zero-order valence-electron chi connectivity index (χ0n) is 6.61. The lowest BCUT2D eigenvalue weighted by molar-refractivity contribution is -0.140. The number of carbonyl (C=O) groups excluding carboxylic acids is 1. The van der Waals surface area contributed by atoms with Gasteiger partial charge in [-0.15, -0.1) is 0 Å². The molecule has 0 N–H and O–H groups in total. The Balaban J connectivity index is 3.67. The number of methoxy groups -OCH3 is 1. The molecule has 0 aromatic rings. The summed E-state index contributed by atoms with van der Waals surface area (Å²) < 4.78 is 4.45. The third-order valence-electron chi connectivity index (χ3n) is 1.09. The van der Waals surface area contributed by atoms with Crippen molar-refractivity contribution in [2.45, 2.75) is 19.4 Å². The molecule has 62 valence electrons. The van der Waals surface area contributed by atoms with Crippen LogP contribution in [0.15, 0.2) is 4.99 Å². The fourth-order valence-electron chi connectivity index (χ4n) is 0.559. The summed E-state index contributed by atoms with van der Waals surface area (Å²) in [5.74, 6) is -0.251. The molecule has 0 spiro atoms. The fraction of sp³-hybridized carbons (Fsp3) is 0.571. The summed E-state index contributed by atoms with van der Waals surface area (Å²) in [6.07, 6.45) is 1.80. The minimum atomic E-state index is -0.251. The largest absolute Gasteiger partial charge is 0.469 e. The van der Waals surface area contributed by atoms with E-state index in [1.165, 1.54) is 18.7 Å². The lowest BCUT2D eigenvalue weighted by Crippen LogP contribution is -2.09. The van der Waals surface area contributed by atoms with Crippen molar-refractivity contribution in [1.82, 2.24) is 0 Å². The van der Waals surface area contributed by atoms with Gasteiger partial charge in [0.1, 0.15) is 0 Å². The van der Waals surface area contributed by atoms with Gasteiger partial charge >= 0.3 is 5.97 Å². The standard InChI is InChI=1S/C7H11NO2S/c1-6(8-3-4-11)5-7(9)10-2/h3-4,6H,5H2,1-2H3. The van der Waals surface area contributed by atoms with Gasteiger partial charge in [-0.1, -0.05) is 12.2 Å². The van der Waals surface area contributed by atoms with Crippen LogP contribution in [0.4, 0.5) is 0 Å². The lowest BCUT2D eigenvalue weighted by Gasteiger charge is -2.01. The second-order valence-corrected chi connectivity index (χ2v) is 2.34. The van der Waals surface area contributed by atoms with Crippen LogP contribution in [0.25, 0.3) is 0 Å². The Labute approximate surface area is 71.5 Å². The Bertz CT molecular complexity index is 168. The van der Waals surface area contributed by atoms with Crippen LogP contribution in [-0.2, 0) is 9.53 Å². The summed E-state index contributed by atoms with van der Waals surface area (Å²) in [5, 5.41) is 1.41. The number of rotatable bonds is 4. The van der Waals surface area contributed by atoms with Crippen molar-refractivity contribution in [1.29, 1.82) is 0 Å². The van der Waals surface area contributed by atoms with Crippen LogP contribution < -0.4 is 0 Å². The monoisotopic (exact) mass is 173 g/mol. The Hall–Kier alpha value is -0.770. The first-order valence-electron chi connectivity index (χ1n) is 3.24. The molecule has 0 aliphatic heterocycles. The normalized spacial score (nSPS) is 12.9. The SMILES string of the molecule is COC(=O)CC(C)N=CC=S. The second-order valence-electron chi connectivity index (χ2n) is 2.06. The van der Waals surface area contributed by atoms with Gasteiger partial charge in [0.25, 0.3) is 0 Å². The molecule has 0 rings (SSSR count). The third kappa shape index (κ3) is 5.66. The van der Waals surface area contributed by atoms with E-state index >= 15 is 0 Å². The first-order valence-corrected chi connectivity index (χ1v) is 3.71. The van der Waals surface area contributed by atoms with Crippen molar-refractivity contribution in [3.8, 4) is 0 Å². The van der Waals surface area contributed by atoms with Crippen LogP contribution in [0.2, 0.25) is 0 Å². The van der Waals surface area contributed by atoms with Crippen LogP contribution in [0, 0.1) is 0 Å². The molecule has 0 radical (unpaired) electrons. The summed E-state index contributed by atoms with van der Waals surface area (Å²) in [5.41, 5.74) is 0. The zero-order valence-corrected chi connectivity index (χ0v) is 7.43. The number of hydrogen-bond acceptors (Lipinski definition) is 4. The minimum absolute atomic E-state index is 0.0540. The van der Waals surface area contributed by atoms with Crippen LogP contribution in [0.3, 0.4) is 0 Å². The van der Waals surface area contributed by atoms with E-state index < -0.39 is 0 Å². The maximum Gasteiger partial charge on any atom is 0.307 e. The predicted molar refractivity (Wildman–Crippen MR) is 48.2 cm³/mol. The fourth-order valence-corrected chi connectivity index (χ4v) is 0.630. The average Bonchev–Trinajstić information content (AvgIpc) is 2.00. The maximum absolute atomic E-state index is 10.7. The van der Waals surface area contributed by atoms with Gasteiger partial charge in [-0.2, -0.15) is 0 Å². The van der Waals surface area contributed by atoms with E-state index in [0.717, 1.165) is 0 Å². The number of aliphatic imine (C=N–C) groups is 1. The smallest absolute Gasteiger partial charge is 0.307 e. The van der Waals surface area contributed by atoms with E-state index in [9.17, 15) is 4.79 Å². The van der Waals surface area contributed by atoms with E-state index in [1.54, 1.807) is 0 Å². The molecular formula is C7H11NO2S. The van der Waals surface area contributed by atoms with Gasteiger partial charge < -0.3 is 4.74 Å². The molecule has 3 nitrogen and oxygen atoms in total. The van der Waals surface area contributed by atoms with Gasteiger partial charge in [-0.3, -0.25) is 9.79 Å². The van der Waals surface area contributed by atoms with Gasteiger partial charge in [-0.05, 0) is 6.92 Å². The molecule has 1 atom stereocenters. The Morgan fingerprint density at radius 3 is 2.91 bits per heavy atom. The molecule has 0 saturated heterocycles. The first kappa shape index (κ1) is 10.2. The highest BCUT2D eigenvalue weighted by molar-refractivity contribution is 7.80. The summed E-state index contributed by atoms with van der Waals surface area (Å²) in [4.78, 5) is 14.6. The number of nitrogens with zero attached hydrogens (tertiary/aromatic N) is 1. The highest BCUT2D eigenvalue weighted by Crippen LogP contribution is 1.96. The highest BCUT2D eigenvalue weighted by Gasteiger charge is 2.05. The summed E-state index contributed by atoms with van der Waals surface area (Å²) in [6, 6.07) is -0.0540. The van der Waals surface area contributed by atoms with Gasteiger partial charge in [0, 0.05) is 11.6 Å². The van der Waals surface area contributed by atoms with Gasteiger partial charge in [0.05, 0.1) is 19.6 Å². The van der Waals surface area contributed by atoms with E-state index in [0.29, 0.717) is 6.42 Å². The van der Waals surface area contributed by atoms with Crippen molar-refractivity contribution < 1.29 is 9.53 Å². The molecule has 0 amide bonds. The molecule has 11 heavy (non-hydrogen) atoms. The average molecular weight is 173 g/mol. The van der Waals surface area contributed by atoms with Crippen LogP contribution in [0.1, 0.15) is 13.3 Å². The zero-order chi connectivity index (χ0) is 8.69. The molecule has 0 aliphatic rings. The van der Waals surface area contributed by atoms with Crippen LogP contribution >= 0.6 is 12.2 Å². The molecule has 0 saturated carbocycles. The Morgan fingerprint density at radius 1 is 1.82 bits per heavy atom. The van der Waals surface area contributed by atoms with Gasteiger partial charge in [0.2, 0.25) is 0 Å². The molecule has 0 aromatic carbocycles. The Kier molecular flexibility index (Phi) is 5.56. The van der Waals surface area contributed by atoms with Crippen molar-refractivity contribution >= 4 is 29.8 Å². The van der Waals surface area contributed by atoms with E-state index in [-0.39, 0.29) is 12.0 Å². The molecule has 1 unspecified atom stereocenters. The Morgan fingerprint density at radius 2 is 2.45 bits per heavy atom. The topological polar surface area (TPSA) is 38.7 Å². The van der Waals surface area contributed by atoms with Crippen molar-refractivity contribution in [2.75, 3.05) is 7.11 Å². The minimum Gasteiger partial charge on any atom is -0.469 e. The van der Waals surface area contributed by atoms with E-state index in [2.05, 4.69) is 21.9 Å². The van der Waals surface area contributed by atoms with Crippen molar-refractivity contribution in [3.05, 3.63) is 0 Å². The number of thiocarbonyl (C=S) groups is 1. The van der Waals surface area contributed by atoms with E-state index in [1.807, 2.05) is 6.92 Å². The van der Waals surface area contributed by atoms with Gasteiger partial charge in [0.15, 0.2) is 0 Å². The molecule has 4 heteroatoms. The van der Waals surface area contributed by atoms with Gasteiger partial charge in [-0.25, -0.2) is 0 Å². The number of esters is 1. The predicted octanol–water partition coefficient (Wildman–Crippen LogP) is 1.01. The molecule has 0 bridgehead atoms. The quantitative estimate of drug-likeness (QED) is 0.362. The van der Waals surface area contributed by atoms with E-state index in [4.69, 9.17) is 0 Å². The molecule has 0 fully saturated rings. The maximum atomic E-state index is 10.7. The summed E-state index contributed by atoms with van der Waals surface area (Å²) in [6.45, 7) is 1.83. The molecule has 0 heterocycles. The van der Waals surface area contributed by atoms with Crippen molar-refractivity contribution in [3.63, 3.8) is 0 Å².